The van der Waals surface area contributed by atoms with Crippen molar-refractivity contribution in [3.63, 3.8) is 0 Å². The molecule has 0 spiro atoms. The zero-order chi connectivity index (χ0) is 12.0. The minimum absolute atomic E-state index is 0.00216. The Bertz CT molecular complexity index is 258. The predicted molar refractivity (Wildman–Crippen MR) is 58.7 cm³/mol. The van der Waals surface area contributed by atoms with E-state index in [2.05, 4.69) is 15.4 Å². The lowest BCUT2D eigenvalue weighted by atomic mass is 9.91. The van der Waals surface area contributed by atoms with Crippen LogP contribution in [0, 0.1) is 5.92 Å². The highest BCUT2D eigenvalue weighted by molar-refractivity contribution is 5.79. The standard InChI is InChI=1S/C10H19N3O3/c1-7-8(3-2-4-12-7)9(14)13-5-6-16-10(11)15/h7-8,12H,2-6H2,1H3,(H2,11,15)(H,13,14). The number of nitrogens with two attached hydrogens (primary N) is 1. The highest BCUT2D eigenvalue weighted by atomic mass is 16.5. The average Bonchev–Trinajstić information content (AvgIpc) is 2.24. The van der Waals surface area contributed by atoms with E-state index in [1.54, 1.807) is 0 Å². The number of carbonyl (C=O) groups is 2. The van der Waals surface area contributed by atoms with E-state index in [0.717, 1.165) is 19.4 Å². The van der Waals surface area contributed by atoms with Crippen LogP contribution >= 0.6 is 0 Å². The molecule has 0 aromatic carbocycles. The van der Waals surface area contributed by atoms with Crippen molar-refractivity contribution in [2.45, 2.75) is 25.8 Å². The summed E-state index contributed by atoms with van der Waals surface area (Å²) in [6.07, 6.45) is 1.10. The second-order valence-electron chi connectivity index (χ2n) is 3.95. The van der Waals surface area contributed by atoms with Crippen molar-refractivity contribution in [3.05, 3.63) is 0 Å². The first-order valence-electron chi connectivity index (χ1n) is 5.54. The van der Waals surface area contributed by atoms with Gasteiger partial charge in [-0.25, -0.2) is 4.79 Å². The average molecular weight is 229 g/mol. The quantitative estimate of drug-likeness (QED) is 0.571. The van der Waals surface area contributed by atoms with Gasteiger partial charge in [0.2, 0.25) is 5.91 Å². The van der Waals surface area contributed by atoms with Crippen molar-refractivity contribution in [1.29, 1.82) is 0 Å². The third-order valence-electron chi connectivity index (χ3n) is 2.74. The smallest absolute Gasteiger partial charge is 0.404 e. The second kappa shape index (κ2) is 6.32. The van der Waals surface area contributed by atoms with Crippen molar-refractivity contribution in [2.75, 3.05) is 19.7 Å². The molecule has 1 fully saturated rings. The number of hydrogen-bond donors (Lipinski definition) is 3. The summed E-state index contributed by atoms with van der Waals surface area (Å²) in [7, 11) is 0. The number of rotatable bonds is 4. The Morgan fingerprint density at radius 3 is 2.94 bits per heavy atom. The van der Waals surface area contributed by atoms with Gasteiger partial charge in [0.25, 0.3) is 0 Å². The monoisotopic (exact) mass is 229 g/mol. The SMILES string of the molecule is CC1NCCCC1C(=O)NCCOC(N)=O. The van der Waals surface area contributed by atoms with E-state index in [9.17, 15) is 9.59 Å². The molecule has 1 saturated heterocycles. The van der Waals surface area contributed by atoms with Gasteiger partial charge in [0.05, 0.1) is 12.5 Å². The molecule has 2 amide bonds. The van der Waals surface area contributed by atoms with Gasteiger partial charge in [0, 0.05) is 6.04 Å². The molecule has 0 saturated carbocycles. The largest absolute Gasteiger partial charge is 0.448 e. The lowest BCUT2D eigenvalue weighted by molar-refractivity contribution is -0.126. The van der Waals surface area contributed by atoms with E-state index in [-0.39, 0.29) is 24.5 Å². The normalized spacial score (nSPS) is 24.8. The van der Waals surface area contributed by atoms with E-state index in [1.165, 1.54) is 0 Å². The molecule has 1 aliphatic heterocycles. The maximum absolute atomic E-state index is 11.7. The lowest BCUT2D eigenvalue weighted by Crippen LogP contribution is -2.47. The maximum atomic E-state index is 11.7. The molecule has 1 aliphatic rings. The van der Waals surface area contributed by atoms with Crippen LogP contribution in [0.4, 0.5) is 4.79 Å². The Labute approximate surface area is 94.9 Å². The van der Waals surface area contributed by atoms with E-state index in [1.807, 2.05) is 6.92 Å². The molecule has 0 radical (unpaired) electrons. The Balaban J connectivity index is 2.20. The molecule has 0 bridgehead atoms. The molecule has 0 aromatic heterocycles. The number of amides is 2. The zero-order valence-corrected chi connectivity index (χ0v) is 9.49. The van der Waals surface area contributed by atoms with Crippen LogP contribution < -0.4 is 16.4 Å². The summed E-state index contributed by atoms with van der Waals surface area (Å²) in [5.41, 5.74) is 4.79. The summed E-state index contributed by atoms with van der Waals surface area (Å²) in [5.74, 6) is 0.00935. The van der Waals surface area contributed by atoms with Crippen LogP contribution in [-0.2, 0) is 9.53 Å². The molecular weight excluding hydrogens is 210 g/mol. The van der Waals surface area contributed by atoms with Gasteiger partial charge < -0.3 is 21.1 Å². The van der Waals surface area contributed by atoms with Crippen LogP contribution in [0.25, 0.3) is 0 Å². The molecule has 4 N–H and O–H groups in total. The summed E-state index contributed by atoms with van der Waals surface area (Å²) in [5, 5.41) is 5.98. The topological polar surface area (TPSA) is 93.4 Å². The molecular formula is C10H19N3O3. The Morgan fingerprint density at radius 1 is 1.56 bits per heavy atom. The molecule has 1 rings (SSSR count). The van der Waals surface area contributed by atoms with Crippen LogP contribution in [-0.4, -0.2) is 37.7 Å². The van der Waals surface area contributed by atoms with Gasteiger partial charge in [0.1, 0.15) is 6.61 Å². The van der Waals surface area contributed by atoms with E-state index in [0.29, 0.717) is 6.54 Å². The molecule has 92 valence electrons. The summed E-state index contributed by atoms with van der Waals surface area (Å²) < 4.78 is 4.51. The summed E-state index contributed by atoms with van der Waals surface area (Å²) in [6.45, 7) is 3.40. The van der Waals surface area contributed by atoms with Crippen LogP contribution in [0.2, 0.25) is 0 Å². The van der Waals surface area contributed by atoms with Crippen LogP contribution in [0.1, 0.15) is 19.8 Å². The number of nitrogens with one attached hydrogen (secondary N) is 2. The van der Waals surface area contributed by atoms with Gasteiger partial charge in [-0.15, -0.1) is 0 Å². The van der Waals surface area contributed by atoms with Crippen molar-refractivity contribution in [3.8, 4) is 0 Å². The van der Waals surface area contributed by atoms with Crippen LogP contribution in [0.15, 0.2) is 0 Å². The summed E-state index contributed by atoms with van der Waals surface area (Å²) in [6, 6.07) is 0.200. The fraction of sp³-hybridized carbons (Fsp3) is 0.800. The Morgan fingerprint density at radius 2 is 2.31 bits per heavy atom. The Hall–Kier alpha value is -1.30. The fourth-order valence-electron chi connectivity index (χ4n) is 1.86. The van der Waals surface area contributed by atoms with Crippen molar-refractivity contribution >= 4 is 12.0 Å². The zero-order valence-electron chi connectivity index (χ0n) is 9.49. The predicted octanol–water partition coefficient (Wildman–Crippen LogP) is -0.414. The molecule has 6 nitrogen and oxygen atoms in total. The molecule has 0 aliphatic carbocycles. The molecule has 1 heterocycles. The lowest BCUT2D eigenvalue weighted by Gasteiger charge is -2.28. The first kappa shape index (κ1) is 12.8. The van der Waals surface area contributed by atoms with Gasteiger partial charge in [-0.2, -0.15) is 0 Å². The van der Waals surface area contributed by atoms with Gasteiger partial charge in [0.15, 0.2) is 0 Å². The molecule has 2 unspecified atom stereocenters. The van der Waals surface area contributed by atoms with Crippen molar-refractivity contribution < 1.29 is 14.3 Å². The van der Waals surface area contributed by atoms with Crippen molar-refractivity contribution in [1.82, 2.24) is 10.6 Å². The summed E-state index contributed by atoms with van der Waals surface area (Å²) >= 11 is 0. The summed E-state index contributed by atoms with van der Waals surface area (Å²) in [4.78, 5) is 22.0. The number of piperidine rings is 1. The molecule has 2 atom stereocenters. The molecule has 16 heavy (non-hydrogen) atoms. The van der Waals surface area contributed by atoms with Gasteiger partial charge in [-0.1, -0.05) is 0 Å². The Kier molecular flexibility index (Phi) is 5.04. The third kappa shape index (κ3) is 4.06. The minimum Gasteiger partial charge on any atom is -0.448 e. The van der Waals surface area contributed by atoms with Gasteiger partial charge in [-0.05, 0) is 26.3 Å². The molecule has 6 heteroatoms. The number of ether oxygens (including phenoxy) is 1. The first-order valence-corrected chi connectivity index (χ1v) is 5.54. The minimum atomic E-state index is -0.818. The number of hydrogen-bond acceptors (Lipinski definition) is 4. The van der Waals surface area contributed by atoms with Crippen LogP contribution in [0.3, 0.4) is 0 Å². The van der Waals surface area contributed by atoms with Crippen molar-refractivity contribution in [2.24, 2.45) is 11.7 Å². The first-order chi connectivity index (χ1) is 7.61. The fourth-order valence-corrected chi connectivity index (χ4v) is 1.86. The maximum Gasteiger partial charge on any atom is 0.404 e. The molecule has 0 aromatic rings. The number of primary amides is 1. The van der Waals surface area contributed by atoms with E-state index in [4.69, 9.17) is 5.73 Å². The van der Waals surface area contributed by atoms with Gasteiger partial charge in [-0.3, -0.25) is 4.79 Å². The second-order valence-corrected chi connectivity index (χ2v) is 3.95. The highest BCUT2D eigenvalue weighted by Gasteiger charge is 2.26. The van der Waals surface area contributed by atoms with Crippen LogP contribution in [0.5, 0.6) is 0 Å². The third-order valence-corrected chi connectivity index (χ3v) is 2.74. The van der Waals surface area contributed by atoms with E-state index < -0.39 is 6.09 Å². The van der Waals surface area contributed by atoms with Gasteiger partial charge >= 0.3 is 6.09 Å². The van der Waals surface area contributed by atoms with E-state index >= 15 is 0 Å². The highest BCUT2D eigenvalue weighted by Crippen LogP contribution is 2.15. The number of carbonyl (C=O) groups excluding carboxylic acids is 2.